The molecule has 6 nitrogen and oxygen atoms in total. The Morgan fingerprint density at radius 3 is 2.50 bits per heavy atom. The lowest BCUT2D eigenvalue weighted by molar-refractivity contribution is 0.191. The van der Waals surface area contributed by atoms with Crippen LogP contribution in [0.15, 0.2) is 42.5 Å². The first kappa shape index (κ1) is 19.9. The van der Waals surface area contributed by atoms with Crippen LogP contribution >= 0.6 is 0 Å². The van der Waals surface area contributed by atoms with Crippen molar-refractivity contribution >= 4 is 11.7 Å². The summed E-state index contributed by atoms with van der Waals surface area (Å²) in [5, 5.41) is 2.95. The fourth-order valence-electron chi connectivity index (χ4n) is 3.43. The first-order chi connectivity index (χ1) is 13.6. The van der Waals surface area contributed by atoms with Crippen LogP contribution in [0.2, 0.25) is 0 Å². The Morgan fingerprint density at radius 2 is 1.79 bits per heavy atom. The third kappa shape index (κ3) is 4.88. The molecular weight excluding hydrogens is 354 g/mol. The molecule has 3 rings (SSSR count). The van der Waals surface area contributed by atoms with Gasteiger partial charge < -0.3 is 24.6 Å². The lowest BCUT2D eigenvalue weighted by Gasteiger charge is -2.36. The Balaban J connectivity index is 1.41. The van der Waals surface area contributed by atoms with Crippen molar-refractivity contribution in [3.05, 3.63) is 53.6 Å². The Bertz CT molecular complexity index is 801. The van der Waals surface area contributed by atoms with Crippen molar-refractivity contribution in [2.75, 3.05) is 51.3 Å². The maximum Gasteiger partial charge on any atom is 0.317 e. The fraction of sp³-hybridized carbons (Fsp3) is 0.409. The number of benzene rings is 2. The highest BCUT2D eigenvalue weighted by Gasteiger charge is 2.22. The monoisotopic (exact) mass is 383 g/mol. The van der Waals surface area contributed by atoms with Crippen molar-refractivity contribution in [2.45, 2.75) is 13.8 Å². The van der Waals surface area contributed by atoms with E-state index in [-0.39, 0.29) is 6.03 Å². The van der Waals surface area contributed by atoms with Crippen LogP contribution in [-0.2, 0) is 0 Å². The number of rotatable bonds is 6. The number of methoxy groups -OCH3 is 1. The summed E-state index contributed by atoms with van der Waals surface area (Å²) < 4.78 is 11.2. The Morgan fingerprint density at radius 1 is 1.04 bits per heavy atom. The zero-order valence-corrected chi connectivity index (χ0v) is 16.9. The van der Waals surface area contributed by atoms with Crippen molar-refractivity contribution in [1.29, 1.82) is 0 Å². The number of anilines is 1. The summed E-state index contributed by atoms with van der Waals surface area (Å²) in [6.07, 6.45) is 0. The van der Waals surface area contributed by atoms with E-state index in [1.54, 1.807) is 7.11 Å². The summed E-state index contributed by atoms with van der Waals surface area (Å²) in [5.74, 6) is 1.73. The highest BCUT2D eigenvalue weighted by Crippen LogP contribution is 2.28. The SMILES string of the molecule is COc1ccccc1N1CCN(C(=O)NCCOc2ccc(C)cc2C)CC1. The fourth-order valence-corrected chi connectivity index (χ4v) is 3.43. The zero-order valence-electron chi connectivity index (χ0n) is 16.9. The number of ether oxygens (including phenoxy) is 2. The predicted molar refractivity (Wildman–Crippen MR) is 112 cm³/mol. The number of hydrogen-bond acceptors (Lipinski definition) is 4. The van der Waals surface area contributed by atoms with Crippen LogP contribution in [0.5, 0.6) is 11.5 Å². The lowest BCUT2D eigenvalue weighted by Crippen LogP contribution is -2.52. The number of carbonyl (C=O) groups is 1. The Labute approximate surface area is 167 Å². The normalized spacial score (nSPS) is 14.0. The Hall–Kier alpha value is -2.89. The summed E-state index contributed by atoms with van der Waals surface area (Å²) >= 11 is 0. The predicted octanol–water partition coefficient (Wildman–Crippen LogP) is 3.22. The van der Waals surface area contributed by atoms with Crippen LogP contribution in [-0.4, -0.2) is 57.4 Å². The van der Waals surface area contributed by atoms with Crippen LogP contribution in [0.1, 0.15) is 11.1 Å². The van der Waals surface area contributed by atoms with Gasteiger partial charge in [0, 0.05) is 26.2 Å². The molecule has 0 saturated carbocycles. The molecular formula is C22H29N3O3. The minimum absolute atomic E-state index is 0.0381. The molecule has 2 aromatic carbocycles. The second-order valence-electron chi connectivity index (χ2n) is 7.00. The molecule has 0 aromatic heterocycles. The molecule has 0 aliphatic carbocycles. The average molecular weight is 383 g/mol. The number of piperazine rings is 1. The molecule has 1 saturated heterocycles. The van der Waals surface area contributed by atoms with Gasteiger partial charge in [-0.3, -0.25) is 0 Å². The van der Waals surface area contributed by atoms with Crippen molar-refractivity contribution in [2.24, 2.45) is 0 Å². The number of hydrogen-bond donors (Lipinski definition) is 1. The molecule has 0 radical (unpaired) electrons. The maximum absolute atomic E-state index is 12.4. The number of nitrogens with one attached hydrogen (secondary N) is 1. The number of amides is 2. The highest BCUT2D eigenvalue weighted by molar-refractivity contribution is 5.74. The molecule has 0 unspecified atom stereocenters. The van der Waals surface area contributed by atoms with E-state index >= 15 is 0 Å². The van der Waals surface area contributed by atoms with E-state index in [0.717, 1.165) is 35.8 Å². The van der Waals surface area contributed by atoms with Gasteiger partial charge in [-0.1, -0.05) is 29.8 Å². The van der Waals surface area contributed by atoms with E-state index < -0.39 is 0 Å². The van der Waals surface area contributed by atoms with Gasteiger partial charge >= 0.3 is 6.03 Å². The Kier molecular flexibility index (Phi) is 6.63. The summed E-state index contributed by atoms with van der Waals surface area (Å²) in [7, 11) is 1.68. The average Bonchev–Trinajstić information content (AvgIpc) is 2.72. The third-order valence-electron chi connectivity index (χ3n) is 4.96. The van der Waals surface area contributed by atoms with Gasteiger partial charge in [-0.2, -0.15) is 0 Å². The van der Waals surface area contributed by atoms with Gasteiger partial charge in [0.15, 0.2) is 0 Å². The van der Waals surface area contributed by atoms with Gasteiger partial charge in [-0.05, 0) is 37.6 Å². The summed E-state index contributed by atoms with van der Waals surface area (Å²) in [4.78, 5) is 16.5. The summed E-state index contributed by atoms with van der Waals surface area (Å²) in [6.45, 7) is 7.96. The molecule has 1 fully saturated rings. The molecule has 28 heavy (non-hydrogen) atoms. The maximum atomic E-state index is 12.4. The highest BCUT2D eigenvalue weighted by atomic mass is 16.5. The molecule has 0 bridgehead atoms. The third-order valence-corrected chi connectivity index (χ3v) is 4.96. The standard InChI is InChI=1S/C22H29N3O3/c1-17-8-9-20(18(2)16-17)28-15-10-23-22(26)25-13-11-24(12-14-25)19-6-4-5-7-21(19)27-3/h4-9,16H,10-15H2,1-3H3,(H,23,26). The van der Waals surface area contributed by atoms with E-state index in [1.165, 1.54) is 5.56 Å². The first-order valence-corrected chi connectivity index (χ1v) is 9.69. The smallest absolute Gasteiger partial charge is 0.317 e. The van der Waals surface area contributed by atoms with Crippen LogP contribution < -0.4 is 19.7 Å². The molecule has 1 heterocycles. The first-order valence-electron chi connectivity index (χ1n) is 9.69. The molecule has 6 heteroatoms. The van der Waals surface area contributed by atoms with Gasteiger partial charge in [-0.15, -0.1) is 0 Å². The number of urea groups is 1. The van der Waals surface area contributed by atoms with Crippen molar-refractivity contribution in [1.82, 2.24) is 10.2 Å². The molecule has 1 N–H and O–H groups in total. The number of nitrogens with zero attached hydrogens (tertiary/aromatic N) is 2. The zero-order chi connectivity index (χ0) is 19.9. The van der Waals surface area contributed by atoms with Crippen molar-refractivity contribution in [3.8, 4) is 11.5 Å². The van der Waals surface area contributed by atoms with Crippen molar-refractivity contribution < 1.29 is 14.3 Å². The topological polar surface area (TPSA) is 54.0 Å². The van der Waals surface area contributed by atoms with E-state index in [1.807, 2.05) is 42.2 Å². The van der Waals surface area contributed by atoms with Crippen molar-refractivity contribution in [3.63, 3.8) is 0 Å². The second-order valence-corrected chi connectivity index (χ2v) is 7.00. The van der Waals surface area contributed by atoms with Gasteiger partial charge in [0.2, 0.25) is 0 Å². The molecule has 150 valence electrons. The molecule has 2 amide bonds. The summed E-state index contributed by atoms with van der Waals surface area (Å²) in [6, 6.07) is 14.0. The van der Waals surface area contributed by atoms with E-state index in [0.29, 0.717) is 26.2 Å². The van der Waals surface area contributed by atoms with Gasteiger partial charge in [0.05, 0.1) is 19.3 Å². The van der Waals surface area contributed by atoms with Gasteiger partial charge in [0.25, 0.3) is 0 Å². The molecule has 0 atom stereocenters. The van der Waals surface area contributed by atoms with Gasteiger partial charge in [0.1, 0.15) is 18.1 Å². The quantitative estimate of drug-likeness (QED) is 0.778. The molecule has 1 aliphatic rings. The number of para-hydroxylation sites is 2. The van der Waals surface area contributed by atoms with Crippen LogP contribution in [0.25, 0.3) is 0 Å². The van der Waals surface area contributed by atoms with E-state index in [2.05, 4.69) is 29.3 Å². The molecule has 1 aliphatic heterocycles. The minimum Gasteiger partial charge on any atom is -0.495 e. The molecule has 0 spiro atoms. The lowest BCUT2D eigenvalue weighted by atomic mass is 10.1. The molecule has 2 aromatic rings. The second kappa shape index (κ2) is 9.35. The van der Waals surface area contributed by atoms with E-state index in [9.17, 15) is 4.79 Å². The van der Waals surface area contributed by atoms with Gasteiger partial charge in [-0.25, -0.2) is 4.79 Å². The van der Waals surface area contributed by atoms with E-state index in [4.69, 9.17) is 9.47 Å². The van der Waals surface area contributed by atoms with Crippen LogP contribution in [0, 0.1) is 13.8 Å². The number of carbonyl (C=O) groups excluding carboxylic acids is 1. The minimum atomic E-state index is -0.0381. The van der Waals surface area contributed by atoms with Crippen LogP contribution in [0.3, 0.4) is 0 Å². The largest absolute Gasteiger partial charge is 0.495 e. The number of aryl methyl sites for hydroxylation is 2. The summed E-state index contributed by atoms with van der Waals surface area (Å²) in [5.41, 5.74) is 3.40. The van der Waals surface area contributed by atoms with Crippen LogP contribution in [0.4, 0.5) is 10.5 Å².